The van der Waals surface area contributed by atoms with Gasteiger partial charge >= 0.3 is 0 Å². The van der Waals surface area contributed by atoms with Gasteiger partial charge in [-0.3, -0.25) is 9.80 Å². The van der Waals surface area contributed by atoms with E-state index in [1.165, 1.54) is 5.56 Å². The molecule has 0 spiro atoms. The Kier molecular flexibility index (Phi) is 6.85. The Hall–Kier alpha value is -2.63. The van der Waals surface area contributed by atoms with Gasteiger partial charge in [0, 0.05) is 6.54 Å². The fourth-order valence-electron chi connectivity index (χ4n) is 3.34. The van der Waals surface area contributed by atoms with Gasteiger partial charge in [-0.25, -0.2) is 5.43 Å². The first-order valence-electron chi connectivity index (χ1n) is 9.94. The molecule has 5 nitrogen and oxygen atoms in total. The first-order valence-corrected chi connectivity index (χ1v) is 9.94. The number of hydrogen-bond donors (Lipinski definition) is 2. The molecule has 2 aliphatic rings. The van der Waals surface area contributed by atoms with Crippen LogP contribution in [0.5, 0.6) is 0 Å². The Balaban J connectivity index is 0.00000109. The Morgan fingerprint density at radius 1 is 1.07 bits per heavy atom. The molecule has 1 fully saturated rings. The summed E-state index contributed by atoms with van der Waals surface area (Å²) >= 11 is 0. The Bertz CT molecular complexity index is 802. The van der Waals surface area contributed by atoms with E-state index in [4.69, 9.17) is 4.74 Å². The number of hydrogen-bond acceptors (Lipinski definition) is 4. The van der Waals surface area contributed by atoms with E-state index in [2.05, 4.69) is 54.1 Å². The van der Waals surface area contributed by atoms with Gasteiger partial charge in [0.15, 0.2) is 0 Å². The zero-order chi connectivity index (χ0) is 19.9. The molecule has 0 radical (unpaired) electrons. The summed E-state index contributed by atoms with van der Waals surface area (Å²) in [6.07, 6.45) is 1.99. The van der Waals surface area contributed by atoms with E-state index >= 15 is 0 Å². The summed E-state index contributed by atoms with van der Waals surface area (Å²) in [6.45, 7) is 7.75. The second-order valence-electron chi connectivity index (χ2n) is 6.80. The van der Waals surface area contributed by atoms with Crippen LogP contribution in [0.3, 0.4) is 0 Å². The molecule has 0 saturated carbocycles. The third-order valence-corrected chi connectivity index (χ3v) is 4.82. The summed E-state index contributed by atoms with van der Waals surface area (Å²) in [5, 5.41) is 4.93. The third-order valence-electron chi connectivity index (χ3n) is 4.82. The van der Waals surface area contributed by atoms with Gasteiger partial charge in [-0.1, -0.05) is 74.0 Å². The highest BCUT2D eigenvalue weighted by Crippen LogP contribution is 2.28. The maximum atomic E-state index is 12.2. The van der Waals surface area contributed by atoms with E-state index < -0.39 is 0 Å². The van der Waals surface area contributed by atoms with Gasteiger partial charge < -0.3 is 10.1 Å². The molecule has 1 saturated heterocycles. The Morgan fingerprint density at radius 2 is 1.79 bits per heavy atom. The molecule has 5 heteroatoms. The minimum Gasteiger partial charge on any atom is -0.374 e. The van der Waals surface area contributed by atoms with Crippen molar-refractivity contribution in [2.75, 3.05) is 13.2 Å². The van der Waals surface area contributed by atoms with Crippen molar-refractivity contribution in [3.63, 3.8) is 0 Å². The number of aryl methyl sites for hydroxylation is 1. The van der Waals surface area contributed by atoms with Crippen LogP contribution in [0.2, 0.25) is 0 Å². The second-order valence-corrected chi connectivity index (χ2v) is 6.80. The van der Waals surface area contributed by atoms with Gasteiger partial charge in [-0.05, 0) is 24.1 Å². The first-order chi connectivity index (χ1) is 13.7. The van der Waals surface area contributed by atoms with Gasteiger partial charge in [0.2, 0.25) is 0 Å². The van der Waals surface area contributed by atoms with Crippen LogP contribution in [-0.4, -0.2) is 30.1 Å². The highest BCUT2D eigenvalue weighted by Gasteiger charge is 2.37. The lowest BCUT2D eigenvalue weighted by molar-refractivity contribution is -0.122. The molecule has 0 aromatic heterocycles. The smallest absolute Gasteiger partial charge is 0.268 e. The predicted molar refractivity (Wildman–Crippen MR) is 111 cm³/mol. The highest BCUT2D eigenvalue weighted by atomic mass is 16.5. The van der Waals surface area contributed by atoms with Gasteiger partial charge in [0.05, 0.1) is 25.3 Å². The lowest BCUT2D eigenvalue weighted by Crippen LogP contribution is -2.56. The van der Waals surface area contributed by atoms with Crippen LogP contribution < -0.4 is 10.7 Å². The van der Waals surface area contributed by atoms with Crippen molar-refractivity contribution < 1.29 is 9.53 Å². The molecule has 2 N–H and O–H groups in total. The fourth-order valence-corrected chi connectivity index (χ4v) is 3.34. The van der Waals surface area contributed by atoms with E-state index in [-0.39, 0.29) is 18.0 Å². The van der Waals surface area contributed by atoms with Crippen LogP contribution >= 0.6 is 0 Å². The maximum absolute atomic E-state index is 12.2. The number of hydrazine groups is 1. The minimum atomic E-state index is -0.0357. The Morgan fingerprint density at radius 3 is 2.50 bits per heavy atom. The van der Waals surface area contributed by atoms with Gasteiger partial charge in [-0.2, -0.15) is 0 Å². The molecule has 2 atom stereocenters. The van der Waals surface area contributed by atoms with Gasteiger partial charge in [0.25, 0.3) is 5.91 Å². The minimum absolute atomic E-state index is 0.00562. The number of rotatable bonds is 5. The van der Waals surface area contributed by atoms with Crippen molar-refractivity contribution in [3.8, 4) is 0 Å². The number of benzene rings is 2. The number of ether oxygens (including phenoxy) is 1. The van der Waals surface area contributed by atoms with Crippen LogP contribution in [0.25, 0.3) is 0 Å². The highest BCUT2D eigenvalue weighted by molar-refractivity contribution is 5.94. The van der Waals surface area contributed by atoms with Crippen molar-refractivity contribution in [2.24, 2.45) is 0 Å². The standard InChI is InChI=1S/C21H23N3O2.C2H6/c1-15-7-9-17(10-8-15)19-11-20-21(25)22-12-18(24(20)23-19)14-26-13-16-5-3-2-4-6-16;1-2/h2-11,18-19,23H,12-14H2,1H3,(H,22,25);1-2H3. The molecule has 0 bridgehead atoms. The Labute approximate surface area is 167 Å². The molecule has 2 aromatic rings. The van der Waals surface area contributed by atoms with Gasteiger partial charge in [0.1, 0.15) is 5.70 Å². The normalized spacial score (nSPS) is 20.6. The van der Waals surface area contributed by atoms with Crippen LogP contribution in [0.1, 0.15) is 36.6 Å². The predicted octanol–water partition coefficient (Wildman–Crippen LogP) is 3.48. The maximum Gasteiger partial charge on any atom is 0.268 e. The zero-order valence-electron chi connectivity index (χ0n) is 16.8. The van der Waals surface area contributed by atoms with E-state index in [1.807, 2.05) is 43.1 Å². The van der Waals surface area contributed by atoms with Crippen LogP contribution in [0, 0.1) is 6.92 Å². The van der Waals surface area contributed by atoms with E-state index in [9.17, 15) is 4.79 Å². The molecule has 2 aliphatic heterocycles. The molecule has 1 amide bonds. The quantitative estimate of drug-likeness (QED) is 0.835. The largest absolute Gasteiger partial charge is 0.374 e. The monoisotopic (exact) mass is 379 g/mol. The second kappa shape index (κ2) is 9.53. The number of nitrogens with one attached hydrogen (secondary N) is 2. The van der Waals surface area contributed by atoms with Crippen LogP contribution in [0.15, 0.2) is 66.4 Å². The van der Waals surface area contributed by atoms with E-state index in [1.54, 1.807) is 0 Å². The molecule has 148 valence electrons. The summed E-state index contributed by atoms with van der Waals surface area (Å²) < 4.78 is 5.90. The van der Waals surface area contributed by atoms with Crippen LogP contribution in [-0.2, 0) is 16.1 Å². The van der Waals surface area contributed by atoms with Gasteiger partial charge in [-0.15, -0.1) is 0 Å². The first kappa shape index (κ1) is 20.1. The van der Waals surface area contributed by atoms with Crippen molar-refractivity contribution >= 4 is 5.91 Å². The molecule has 4 rings (SSSR count). The SMILES string of the molecule is CC.Cc1ccc(C2C=C3C(=O)NCC(COCc4ccccc4)N3N2)cc1. The van der Waals surface area contributed by atoms with Crippen LogP contribution in [0.4, 0.5) is 0 Å². The zero-order valence-corrected chi connectivity index (χ0v) is 16.8. The molecular formula is C23H29N3O2. The number of fused-ring (bicyclic) bond motifs is 1. The molecule has 2 aromatic carbocycles. The summed E-state index contributed by atoms with van der Waals surface area (Å²) in [4.78, 5) is 12.2. The number of amides is 1. The number of carbonyl (C=O) groups excluding carboxylic acids is 1. The number of nitrogens with zero attached hydrogens (tertiary/aromatic N) is 1. The molecule has 2 heterocycles. The molecule has 2 unspecified atom stereocenters. The van der Waals surface area contributed by atoms with E-state index in [0.717, 1.165) is 11.1 Å². The fraction of sp³-hybridized carbons (Fsp3) is 0.348. The summed E-state index contributed by atoms with van der Waals surface area (Å²) in [5.74, 6) is -0.0357. The van der Waals surface area contributed by atoms with Crippen molar-refractivity contribution in [1.29, 1.82) is 0 Å². The molecule has 0 aliphatic carbocycles. The summed E-state index contributed by atoms with van der Waals surface area (Å²) in [6, 6.07) is 18.6. The molecular weight excluding hydrogens is 350 g/mol. The van der Waals surface area contributed by atoms with E-state index in [0.29, 0.717) is 25.5 Å². The lowest BCUT2D eigenvalue weighted by Gasteiger charge is -2.36. The average molecular weight is 380 g/mol. The third kappa shape index (κ3) is 4.61. The lowest BCUT2D eigenvalue weighted by atomic mass is 10.1. The molecule has 28 heavy (non-hydrogen) atoms. The van der Waals surface area contributed by atoms with Crippen molar-refractivity contribution in [1.82, 2.24) is 15.8 Å². The van der Waals surface area contributed by atoms with Crippen molar-refractivity contribution in [3.05, 3.63) is 83.1 Å². The summed E-state index contributed by atoms with van der Waals surface area (Å²) in [7, 11) is 0. The van der Waals surface area contributed by atoms with Crippen molar-refractivity contribution in [2.45, 2.75) is 39.5 Å². The topological polar surface area (TPSA) is 53.6 Å². The number of carbonyl (C=O) groups is 1. The average Bonchev–Trinajstić information content (AvgIpc) is 3.19. The summed E-state index contributed by atoms with van der Waals surface area (Å²) in [5.41, 5.74) is 7.65. The number of piperazine rings is 1.